The molecule has 0 radical (unpaired) electrons. The van der Waals surface area contributed by atoms with Crippen molar-refractivity contribution in [2.75, 3.05) is 18.9 Å². The number of rotatable bonds is 5. The van der Waals surface area contributed by atoms with Crippen LogP contribution in [0.5, 0.6) is 0 Å². The van der Waals surface area contributed by atoms with Gasteiger partial charge < -0.3 is 4.90 Å². The van der Waals surface area contributed by atoms with Crippen molar-refractivity contribution in [1.29, 1.82) is 0 Å². The van der Waals surface area contributed by atoms with Crippen LogP contribution in [0, 0.1) is 11.2 Å². The molecule has 0 aliphatic heterocycles. The minimum absolute atomic E-state index is 0.0990. The molecule has 1 aromatic rings. The van der Waals surface area contributed by atoms with Gasteiger partial charge >= 0.3 is 0 Å². The molecule has 0 amide bonds. The Morgan fingerprint density at radius 3 is 2.62 bits per heavy atom. The van der Waals surface area contributed by atoms with Gasteiger partial charge in [-0.15, -0.1) is 0 Å². The smallest absolute Gasteiger partial charge is 0.127 e. The van der Waals surface area contributed by atoms with E-state index in [0.717, 1.165) is 17.4 Å². The van der Waals surface area contributed by atoms with Crippen molar-refractivity contribution in [3.8, 4) is 0 Å². The van der Waals surface area contributed by atoms with Crippen molar-refractivity contribution in [3.05, 3.63) is 35.6 Å². The molecule has 0 aromatic heterocycles. The molecule has 0 atom stereocenters. The van der Waals surface area contributed by atoms with Gasteiger partial charge in [0.15, 0.2) is 0 Å². The number of benzene rings is 1. The molecule has 16 heavy (non-hydrogen) atoms. The Hall–Kier alpha value is -0.410. The summed E-state index contributed by atoms with van der Waals surface area (Å²) in [5, 5.41) is 1.06. The molecule has 0 N–H and O–H groups in total. The number of alkyl halides is 1. The van der Waals surface area contributed by atoms with Crippen LogP contribution in [0.1, 0.15) is 18.4 Å². The van der Waals surface area contributed by atoms with Gasteiger partial charge in [0.1, 0.15) is 5.82 Å². The lowest BCUT2D eigenvalue weighted by Crippen LogP contribution is -2.27. The first-order valence-corrected chi connectivity index (χ1v) is 6.75. The molecule has 3 heteroatoms. The molecule has 1 nitrogen and oxygen atoms in total. The Balaban J connectivity index is 1.92. The third-order valence-electron chi connectivity index (χ3n) is 3.24. The lowest BCUT2D eigenvalue weighted by molar-refractivity contribution is 0.267. The fourth-order valence-corrected chi connectivity index (χ4v) is 2.79. The van der Waals surface area contributed by atoms with Crippen LogP contribution in [0.3, 0.4) is 0 Å². The molecule has 2 rings (SSSR count). The standard InChI is InChI=1S/C13H17BrFN/c1-16(10-13(9-14)6-7-13)8-11-4-2-3-5-12(11)15/h2-5H,6-10H2,1H3. The van der Waals surface area contributed by atoms with Crippen molar-refractivity contribution >= 4 is 15.9 Å². The summed E-state index contributed by atoms with van der Waals surface area (Å²) >= 11 is 3.56. The molecule has 0 bridgehead atoms. The summed E-state index contributed by atoms with van der Waals surface area (Å²) in [4.78, 5) is 2.21. The Bertz CT molecular complexity index is 363. The van der Waals surface area contributed by atoms with E-state index in [1.165, 1.54) is 18.9 Å². The fraction of sp³-hybridized carbons (Fsp3) is 0.538. The second-order valence-electron chi connectivity index (χ2n) is 4.90. The SMILES string of the molecule is CN(Cc1ccccc1F)CC1(CBr)CC1. The Morgan fingerprint density at radius 1 is 1.38 bits per heavy atom. The summed E-state index contributed by atoms with van der Waals surface area (Å²) in [6.45, 7) is 1.74. The van der Waals surface area contributed by atoms with Crippen LogP contribution in [0.2, 0.25) is 0 Å². The highest BCUT2D eigenvalue weighted by Gasteiger charge is 2.42. The number of halogens is 2. The summed E-state index contributed by atoms with van der Waals surface area (Å²) in [5.74, 6) is -0.0990. The Labute approximate surface area is 105 Å². The van der Waals surface area contributed by atoms with Crippen molar-refractivity contribution in [3.63, 3.8) is 0 Å². The molecule has 0 spiro atoms. The van der Waals surface area contributed by atoms with Crippen molar-refractivity contribution in [1.82, 2.24) is 4.90 Å². The maximum Gasteiger partial charge on any atom is 0.127 e. The van der Waals surface area contributed by atoms with E-state index in [1.54, 1.807) is 6.07 Å². The summed E-state index contributed by atoms with van der Waals surface area (Å²) < 4.78 is 13.4. The van der Waals surface area contributed by atoms with Crippen LogP contribution in [0.4, 0.5) is 4.39 Å². The topological polar surface area (TPSA) is 3.24 Å². The zero-order valence-corrected chi connectivity index (χ0v) is 11.1. The quantitative estimate of drug-likeness (QED) is 0.750. The van der Waals surface area contributed by atoms with Gasteiger partial charge in [-0.2, -0.15) is 0 Å². The lowest BCUT2D eigenvalue weighted by Gasteiger charge is -2.22. The fourth-order valence-electron chi connectivity index (χ4n) is 2.06. The van der Waals surface area contributed by atoms with Gasteiger partial charge in [0, 0.05) is 24.0 Å². The average molecular weight is 286 g/mol. The third-order valence-corrected chi connectivity index (χ3v) is 4.43. The van der Waals surface area contributed by atoms with Gasteiger partial charge in [-0.3, -0.25) is 0 Å². The van der Waals surface area contributed by atoms with Crippen molar-refractivity contribution in [2.24, 2.45) is 5.41 Å². The molecule has 1 saturated carbocycles. The van der Waals surface area contributed by atoms with Crippen LogP contribution < -0.4 is 0 Å². The molecular weight excluding hydrogens is 269 g/mol. The number of nitrogens with zero attached hydrogens (tertiary/aromatic N) is 1. The van der Waals surface area contributed by atoms with Crippen molar-refractivity contribution in [2.45, 2.75) is 19.4 Å². The molecule has 1 aliphatic rings. The first-order valence-electron chi connectivity index (χ1n) is 5.63. The van der Waals surface area contributed by atoms with Gasteiger partial charge in [0.2, 0.25) is 0 Å². The van der Waals surface area contributed by atoms with Crippen LogP contribution >= 0.6 is 15.9 Å². The molecule has 0 unspecified atom stereocenters. The second kappa shape index (κ2) is 4.84. The van der Waals surface area contributed by atoms with E-state index in [0.29, 0.717) is 12.0 Å². The molecule has 88 valence electrons. The maximum absolute atomic E-state index is 13.4. The zero-order valence-electron chi connectivity index (χ0n) is 9.55. The first kappa shape index (κ1) is 12.1. The minimum Gasteiger partial charge on any atom is -0.301 e. The van der Waals surface area contributed by atoms with E-state index in [4.69, 9.17) is 0 Å². The van der Waals surface area contributed by atoms with Crippen LogP contribution in [0.15, 0.2) is 24.3 Å². The van der Waals surface area contributed by atoms with Gasteiger partial charge in [-0.25, -0.2) is 4.39 Å². The predicted molar refractivity (Wildman–Crippen MR) is 68.2 cm³/mol. The second-order valence-corrected chi connectivity index (χ2v) is 5.46. The van der Waals surface area contributed by atoms with Gasteiger partial charge in [0.25, 0.3) is 0 Å². The molecule has 1 aliphatic carbocycles. The van der Waals surface area contributed by atoms with Gasteiger partial charge in [-0.1, -0.05) is 34.1 Å². The highest BCUT2D eigenvalue weighted by molar-refractivity contribution is 9.09. The van der Waals surface area contributed by atoms with E-state index in [1.807, 2.05) is 12.1 Å². The van der Waals surface area contributed by atoms with Crippen LogP contribution in [0.25, 0.3) is 0 Å². The van der Waals surface area contributed by atoms with E-state index in [2.05, 4.69) is 27.9 Å². The average Bonchev–Trinajstić information content (AvgIpc) is 3.02. The van der Waals surface area contributed by atoms with Crippen LogP contribution in [-0.2, 0) is 6.54 Å². The summed E-state index contributed by atoms with van der Waals surface area (Å²) in [6.07, 6.45) is 2.58. The largest absolute Gasteiger partial charge is 0.301 e. The highest BCUT2D eigenvalue weighted by Crippen LogP contribution is 2.47. The van der Waals surface area contributed by atoms with E-state index < -0.39 is 0 Å². The maximum atomic E-state index is 13.4. The number of hydrogen-bond acceptors (Lipinski definition) is 1. The Kier molecular flexibility index (Phi) is 3.65. The molecule has 0 saturated heterocycles. The summed E-state index contributed by atoms with van der Waals surface area (Å²) in [5.41, 5.74) is 1.25. The monoisotopic (exact) mass is 285 g/mol. The van der Waals surface area contributed by atoms with Gasteiger partial charge in [0.05, 0.1) is 0 Å². The summed E-state index contributed by atoms with van der Waals surface area (Å²) in [7, 11) is 2.06. The lowest BCUT2D eigenvalue weighted by atomic mass is 10.1. The van der Waals surface area contributed by atoms with Crippen LogP contribution in [-0.4, -0.2) is 23.8 Å². The molecule has 1 fully saturated rings. The third kappa shape index (κ3) is 2.83. The van der Waals surface area contributed by atoms with Crippen molar-refractivity contribution < 1.29 is 4.39 Å². The Morgan fingerprint density at radius 2 is 2.06 bits per heavy atom. The predicted octanol–water partition coefficient (Wildman–Crippen LogP) is 3.43. The molecule has 0 heterocycles. The van der Waals surface area contributed by atoms with Gasteiger partial charge in [-0.05, 0) is 31.4 Å². The molecule has 1 aromatic carbocycles. The number of hydrogen-bond donors (Lipinski definition) is 0. The van der Waals surface area contributed by atoms with E-state index in [9.17, 15) is 4.39 Å². The normalized spacial score (nSPS) is 17.8. The zero-order chi connectivity index (χ0) is 11.6. The minimum atomic E-state index is -0.0990. The van der Waals surface area contributed by atoms with E-state index >= 15 is 0 Å². The van der Waals surface area contributed by atoms with E-state index in [-0.39, 0.29) is 5.82 Å². The molecular formula is C13H17BrFN. The highest BCUT2D eigenvalue weighted by atomic mass is 79.9. The first-order chi connectivity index (χ1) is 7.65. The summed E-state index contributed by atoms with van der Waals surface area (Å²) in [6, 6.07) is 7.02.